The highest BCUT2D eigenvalue weighted by Crippen LogP contribution is 2.23. The van der Waals surface area contributed by atoms with E-state index >= 15 is 0 Å². The van der Waals surface area contributed by atoms with Gasteiger partial charge in [0.1, 0.15) is 0 Å². The molecule has 2 aromatic carbocycles. The van der Waals surface area contributed by atoms with Crippen molar-refractivity contribution in [1.29, 1.82) is 0 Å². The number of aryl methyl sites for hydroxylation is 2. The van der Waals surface area contributed by atoms with E-state index < -0.39 is 0 Å². The molecule has 6 nitrogen and oxygen atoms in total. The molecule has 0 aliphatic rings. The molecule has 0 radical (unpaired) electrons. The third-order valence-electron chi connectivity index (χ3n) is 3.90. The lowest BCUT2D eigenvalue weighted by Gasteiger charge is -2.12. The largest absolute Gasteiger partial charge is 0.382 e. The third-order valence-corrected chi connectivity index (χ3v) is 3.90. The fourth-order valence-electron chi connectivity index (χ4n) is 2.59. The summed E-state index contributed by atoms with van der Waals surface area (Å²) in [5, 5.41) is 10.9. The molecule has 24 heavy (non-hydrogen) atoms. The van der Waals surface area contributed by atoms with Crippen LogP contribution in [-0.4, -0.2) is 20.9 Å². The average Bonchev–Trinajstić information content (AvgIpc) is 2.99. The van der Waals surface area contributed by atoms with E-state index in [2.05, 4.69) is 15.6 Å². The van der Waals surface area contributed by atoms with Crippen LogP contribution in [0, 0.1) is 6.92 Å². The Morgan fingerprint density at radius 1 is 1.17 bits per heavy atom. The molecule has 1 aromatic heterocycles. The second-order valence-electron chi connectivity index (χ2n) is 5.49. The van der Waals surface area contributed by atoms with Crippen LogP contribution < -0.4 is 11.1 Å². The highest BCUT2D eigenvalue weighted by Gasteiger charge is 2.19. The molecule has 3 aromatic rings. The number of nitrogens with one attached hydrogen (secondary N) is 1. The minimum atomic E-state index is -0.362. The maximum atomic E-state index is 12.6. The quantitative estimate of drug-likeness (QED) is 0.773. The van der Waals surface area contributed by atoms with Gasteiger partial charge in [-0.2, -0.15) is 4.68 Å². The zero-order valence-corrected chi connectivity index (χ0v) is 13.7. The van der Waals surface area contributed by atoms with Crippen LogP contribution >= 0.6 is 0 Å². The normalized spacial score (nSPS) is 10.6. The van der Waals surface area contributed by atoms with Crippen LogP contribution in [-0.2, 0) is 6.42 Å². The molecule has 0 saturated carbocycles. The van der Waals surface area contributed by atoms with Gasteiger partial charge in [0, 0.05) is 5.69 Å². The van der Waals surface area contributed by atoms with E-state index in [1.165, 1.54) is 4.68 Å². The molecule has 6 heteroatoms. The Hall–Kier alpha value is -3.15. The summed E-state index contributed by atoms with van der Waals surface area (Å²) in [5.41, 5.74) is 9.82. The smallest absolute Gasteiger partial charge is 0.280 e. The molecule has 0 aliphatic carbocycles. The van der Waals surface area contributed by atoms with E-state index in [1.807, 2.05) is 62.4 Å². The summed E-state index contributed by atoms with van der Waals surface area (Å²) in [6, 6.07) is 15.3. The summed E-state index contributed by atoms with van der Waals surface area (Å²) >= 11 is 0. The van der Waals surface area contributed by atoms with Crippen LogP contribution in [0.4, 0.5) is 11.5 Å². The van der Waals surface area contributed by atoms with Crippen LogP contribution in [0.3, 0.4) is 0 Å². The number of aromatic nitrogens is 3. The summed E-state index contributed by atoms with van der Waals surface area (Å²) in [4.78, 5) is 12.6. The minimum absolute atomic E-state index is 0.115. The molecule has 0 aliphatic heterocycles. The molecule has 0 fully saturated rings. The molecular formula is C18H19N5O. The lowest BCUT2D eigenvalue weighted by atomic mass is 10.1. The molecule has 3 N–H and O–H groups in total. The van der Waals surface area contributed by atoms with Crippen molar-refractivity contribution in [2.24, 2.45) is 0 Å². The number of carbonyl (C=O) groups is 1. The Morgan fingerprint density at radius 3 is 2.62 bits per heavy atom. The van der Waals surface area contributed by atoms with Gasteiger partial charge in [-0.05, 0) is 36.6 Å². The Balaban J connectivity index is 1.91. The number of amides is 1. The molecule has 122 valence electrons. The van der Waals surface area contributed by atoms with Crippen molar-refractivity contribution in [2.45, 2.75) is 20.3 Å². The van der Waals surface area contributed by atoms with Crippen LogP contribution in [0.25, 0.3) is 5.69 Å². The first-order valence-electron chi connectivity index (χ1n) is 7.78. The number of benzene rings is 2. The van der Waals surface area contributed by atoms with Gasteiger partial charge in [0.05, 0.1) is 5.69 Å². The second kappa shape index (κ2) is 6.54. The van der Waals surface area contributed by atoms with Gasteiger partial charge in [-0.25, -0.2) is 0 Å². The van der Waals surface area contributed by atoms with Gasteiger partial charge in [-0.3, -0.25) is 4.79 Å². The van der Waals surface area contributed by atoms with E-state index in [0.717, 1.165) is 28.9 Å². The van der Waals surface area contributed by atoms with Crippen molar-refractivity contribution in [3.05, 3.63) is 65.4 Å². The number of para-hydroxylation sites is 2. The number of nitrogen functional groups attached to an aromatic ring is 1. The summed E-state index contributed by atoms with van der Waals surface area (Å²) < 4.78 is 1.45. The van der Waals surface area contributed by atoms with E-state index in [4.69, 9.17) is 5.73 Å². The van der Waals surface area contributed by atoms with Gasteiger partial charge in [-0.15, -0.1) is 5.10 Å². The molecule has 1 heterocycles. The van der Waals surface area contributed by atoms with E-state index in [1.54, 1.807) is 0 Å². The first kappa shape index (κ1) is 15.7. The zero-order valence-electron chi connectivity index (χ0n) is 13.7. The predicted molar refractivity (Wildman–Crippen MR) is 94.3 cm³/mol. The number of carbonyl (C=O) groups excluding carboxylic acids is 1. The minimum Gasteiger partial charge on any atom is -0.382 e. The SMILES string of the molecule is CCc1cccc(C)c1NC(=O)c1nnn(-c2ccccc2)c1N. The van der Waals surface area contributed by atoms with Gasteiger partial charge >= 0.3 is 0 Å². The Kier molecular flexibility index (Phi) is 4.29. The molecule has 1 amide bonds. The predicted octanol–water partition coefficient (Wildman–Crippen LogP) is 2.97. The van der Waals surface area contributed by atoms with Gasteiger partial charge in [-0.1, -0.05) is 48.5 Å². The van der Waals surface area contributed by atoms with Crippen molar-refractivity contribution in [3.63, 3.8) is 0 Å². The molecule has 0 saturated heterocycles. The van der Waals surface area contributed by atoms with Crippen LogP contribution in [0.1, 0.15) is 28.5 Å². The number of anilines is 2. The average molecular weight is 321 g/mol. The fourth-order valence-corrected chi connectivity index (χ4v) is 2.59. The number of hydrogen-bond donors (Lipinski definition) is 2. The van der Waals surface area contributed by atoms with Crippen molar-refractivity contribution in [2.75, 3.05) is 11.1 Å². The van der Waals surface area contributed by atoms with Gasteiger partial charge in [0.25, 0.3) is 5.91 Å². The summed E-state index contributed by atoms with van der Waals surface area (Å²) in [5.74, 6) is -0.149. The van der Waals surface area contributed by atoms with Crippen LogP contribution in [0.15, 0.2) is 48.5 Å². The standard InChI is InChI=1S/C18H19N5O/c1-3-13-9-7-8-12(2)15(13)20-18(24)16-17(19)23(22-21-16)14-10-5-4-6-11-14/h4-11H,3,19H2,1-2H3,(H,20,24). The molecule has 0 unspecified atom stereocenters. The Labute approximate surface area is 140 Å². The van der Waals surface area contributed by atoms with Gasteiger partial charge in [0.2, 0.25) is 0 Å². The highest BCUT2D eigenvalue weighted by molar-refractivity contribution is 6.06. The molecular weight excluding hydrogens is 302 g/mol. The van der Waals surface area contributed by atoms with Gasteiger partial charge < -0.3 is 11.1 Å². The van der Waals surface area contributed by atoms with Gasteiger partial charge in [0.15, 0.2) is 11.5 Å². The highest BCUT2D eigenvalue weighted by atomic mass is 16.2. The lowest BCUT2D eigenvalue weighted by Crippen LogP contribution is -2.16. The lowest BCUT2D eigenvalue weighted by molar-refractivity contribution is 0.102. The van der Waals surface area contributed by atoms with Crippen molar-refractivity contribution < 1.29 is 4.79 Å². The number of nitrogens with two attached hydrogens (primary N) is 1. The third kappa shape index (κ3) is 2.86. The molecule has 0 atom stereocenters. The number of rotatable bonds is 4. The maximum absolute atomic E-state index is 12.6. The fraction of sp³-hybridized carbons (Fsp3) is 0.167. The van der Waals surface area contributed by atoms with E-state index in [0.29, 0.717) is 0 Å². The van der Waals surface area contributed by atoms with Crippen molar-refractivity contribution >= 4 is 17.4 Å². The van der Waals surface area contributed by atoms with Crippen molar-refractivity contribution in [1.82, 2.24) is 15.0 Å². The first-order chi connectivity index (χ1) is 11.6. The molecule has 3 rings (SSSR count). The Bertz CT molecular complexity index is 870. The summed E-state index contributed by atoms with van der Waals surface area (Å²) in [6.07, 6.45) is 0.823. The van der Waals surface area contributed by atoms with Crippen molar-refractivity contribution in [3.8, 4) is 5.69 Å². The first-order valence-corrected chi connectivity index (χ1v) is 7.78. The molecule has 0 bridgehead atoms. The van der Waals surface area contributed by atoms with E-state index in [9.17, 15) is 4.79 Å². The Morgan fingerprint density at radius 2 is 1.92 bits per heavy atom. The van der Waals surface area contributed by atoms with Crippen LogP contribution in [0.5, 0.6) is 0 Å². The second-order valence-corrected chi connectivity index (χ2v) is 5.49. The monoisotopic (exact) mass is 321 g/mol. The zero-order chi connectivity index (χ0) is 17.1. The molecule has 0 spiro atoms. The summed E-state index contributed by atoms with van der Waals surface area (Å²) in [7, 11) is 0. The maximum Gasteiger partial charge on any atom is 0.280 e. The topological polar surface area (TPSA) is 85.8 Å². The number of hydrogen-bond acceptors (Lipinski definition) is 4. The van der Waals surface area contributed by atoms with Crippen LogP contribution in [0.2, 0.25) is 0 Å². The van der Waals surface area contributed by atoms with E-state index in [-0.39, 0.29) is 17.4 Å². The summed E-state index contributed by atoms with van der Waals surface area (Å²) in [6.45, 7) is 4.00. The number of nitrogens with zero attached hydrogens (tertiary/aromatic N) is 3.